The maximum Gasteiger partial charge on any atom is 0.230 e. The van der Waals surface area contributed by atoms with Crippen molar-refractivity contribution in [3.05, 3.63) is 36.5 Å². The molecule has 23 heavy (non-hydrogen) atoms. The Balaban J connectivity index is 1.60. The Kier molecular flexibility index (Phi) is 5.51. The lowest BCUT2D eigenvalue weighted by Crippen LogP contribution is -2.44. The van der Waals surface area contributed by atoms with Gasteiger partial charge in [0.25, 0.3) is 0 Å². The van der Waals surface area contributed by atoms with Crippen molar-refractivity contribution in [2.75, 3.05) is 12.4 Å². The van der Waals surface area contributed by atoms with Gasteiger partial charge < -0.3 is 10.4 Å². The lowest BCUT2D eigenvalue weighted by atomic mass is 9.85. The minimum Gasteiger partial charge on any atom is -0.396 e. The van der Waals surface area contributed by atoms with Crippen LogP contribution in [0.4, 0.5) is 0 Å². The number of rotatable bonds is 5. The van der Waals surface area contributed by atoms with E-state index in [1.54, 1.807) is 6.20 Å². The van der Waals surface area contributed by atoms with Crippen molar-refractivity contribution in [1.29, 1.82) is 0 Å². The summed E-state index contributed by atoms with van der Waals surface area (Å²) >= 11 is 1.47. The summed E-state index contributed by atoms with van der Waals surface area (Å²) in [5.41, 5.74) is 0. The first kappa shape index (κ1) is 16.3. The van der Waals surface area contributed by atoms with Crippen LogP contribution < -0.4 is 5.32 Å². The van der Waals surface area contributed by atoms with Crippen molar-refractivity contribution in [3.63, 3.8) is 0 Å². The van der Waals surface area contributed by atoms with Crippen LogP contribution in [-0.2, 0) is 4.79 Å². The standard InChI is InChI=1S/C18H22N2O2S/c21-11-14-6-2-4-8-16(14)20-17(22)12-23-18-15-7-3-1-5-13(15)9-10-19-18/h1,3,5,7,9-10,14,16,21H,2,4,6,8,11-12H2,(H,20,22). The fraction of sp³-hybridized carbons (Fsp3) is 0.444. The summed E-state index contributed by atoms with van der Waals surface area (Å²) in [4.78, 5) is 16.6. The van der Waals surface area contributed by atoms with E-state index in [2.05, 4.69) is 16.4 Å². The molecule has 1 amide bonds. The van der Waals surface area contributed by atoms with Crippen LogP contribution in [0.1, 0.15) is 25.7 Å². The Hall–Kier alpha value is -1.59. The lowest BCUT2D eigenvalue weighted by Gasteiger charge is -2.30. The molecule has 0 saturated heterocycles. The van der Waals surface area contributed by atoms with Gasteiger partial charge in [0.05, 0.1) is 5.75 Å². The highest BCUT2D eigenvalue weighted by molar-refractivity contribution is 8.00. The van der Waals surface area contributed by atoms with Crippen molar-refractivity contribution in [2.45, 2.75) is 36.8 Å². The summed E-state index contributed by atoms with van der Waals surface area (Å²) in [5, 5.41) is 15.6. The van der Waals surface area contributed by atoms with Crippen molar-refractivity contribution in [2.24, 2.45) is 5.92 Å². The van der Waals surface area contributed by atoms with Gasteiger partial charge >= 0.3 is 0 Å². The Bertz CT molecular complexity index is 672. The average molecular weight is 330 g/mol. The minimum atomic E-state index is 0.0232. The summed E-state index contributed by atoms with van der Waals surface area (Å²) < 4.78 is 0. The van der Waals surface area contributed by atoms with Gasteiger partial charge in [0, 0.05) is 30.1 Å². The van der Waals surface area contributed by atoms with Crippen LogP contribution in [0, 0.1) is 5.92 Å². The van der Waals surface area contributed by atoms with Crippen LogP contribution in [0.3, 0.4) is 0 Å². The molecular formula is C18H22N2O2S. The van der Waals surface area contributed by atoms with Gasteiger partial charge in [-0.2, -0.15) is 0 Å². The molecule has 2 atom stereocenters. The number of fused-ring (bicyclic) bond motifs is 1. The molecule has 2 aromatic rings. The number of carbonyl (C=O) groups is 1. The molecule has 0 spiro atoms. The Morgan fingerprint density at radius 3 is 2.96 bits per heavy atom. The average Bonchev–Trinajstić information content (AvgIpc) is 2.60. The molecule has 122 valence electrons. The molecule has 1 fully saturated rings. The molecule has 2 unspecified atom stereocenters. The Labute approximate surface area is 140 Å². The van der Waals surface area contributed by atoms with Gasteiger partial charge in [-0.3, -0.25) is 4.79 Å². The molecule has 0 bridgehead atoms. The largest absolute Gasteiger partial charge is 0.396 e. The van der Waals surface area contributed by atoms with E-state index >= 15 is 0 Å². The van der Waals surface area contributed by atoms with Crippen LogP contribution in [0.2, 0.25) is 0 Å². The predicted molar refractivity (Wildman–Crippen MR) is 93.4 cm³/mol. The number of nitrogens with one attached hydrogen (secondary N) is 1. The molecule has 3 rings (SSSR count). The van der Waals surface area contributed by atoms with E-state index in [9.17, 15) is 9.90 Å². The third-order valence-electron chi connectivity index (χ3n) is 4.47. The number of hydrogen-bond donors (Lipinski definition) is 2. The fourth-order valence-corrected chi connectivity index (χ4v) is 4.03. The zero-order valence-electron chi connectivity index (χ0n) is 13.1. The molecule has 1 aliphatic rings. The van der Waals surface area contributed by atoms with Gasteiger partial charge in [-0.25, -0.2) is 4.98 Å². The Morgan fingerprint density at radius 1 is 1.26 bits per heavy atom. The van der Waals surface area contributed by atoms with Crippen LogP contribution in [0.5, 0.6) is 0 Å². The maximum atomic E-state index is 12.2. The quantitative estimate of drug-likeness (QED) is 0.827. The van der Waals surface area contributed by atoms with Crippen molar-refractivity contribution in [3.8, 4) is 0 Å². The normalized spacial score (nSPS) is 21.3. The van der Waals surface area contributed by atoms with E-state index in [0.29, 0.717) is 5.75 Å². The summed E-state index contributed by atoms with van der Waals surface area (Å²) in [6, 6.07) is 10.2. The Morgan fingerprint density at radius 2 is 2.09 bits per heavy atom. The third kappa shape index (κ3) is 4.03. The molecule has 1 saturated carbocycles. The summed E-state index contributed by atoms with van der Waals surface area (Å²) in [5.74, 6) is 0.582. The molecule has 1 aliphatic carbocycles. The molecule has 2 N–H and O–H groups in total. The van der Waals surface area contributed by atoms with E-state index in [0.717, 1.165) is 41.5 Å². The number of hydrogen-bond acceptors (Lipinski definition) is 4. The van der Waals surface area contributed by atoms with Gasteiger partial charge in [-0.15, -0.1) is 0 Å². The van der Waals surface area contributed by atoms with Gasteiger partial charge in [0.2, 0.25) is 5.91 Å². The van der Waals surface area contributed by atoms with Crippen molar-refractivity contribution in [1.82, 2.24) is 10.3 Å². The smallest absolute Gasteiger partial charge is 0.230 e. The first-order valence-electron chi connectivity index (χ1n) is 8.14. The van der Waals surface area contributed by atoms with Gasteiger partial charge in [0.1, 0.15) is 5.03 Å². The number of carbonyl (C=O) groups excluding carboxylic acids is 1. The SMILES string of the molecule is O=C(CSc1nccc2ccccc12)NC1CCCCC1CO. The van der Waals surface area contributed by atoms with Gasteiger partial charge in [0.15, 0.2) is 0 Å². The molecule has 0 radical (unpaired) electrons. The van der Waals surface area contributed by atoms with E-state index in [1.807, 2.05) is 24.3 Å². The number of nitrogens with zero attached hydrogens (tertiary/aromatic N) is 1. The maximum absolute atomic E-state index is 12.2. The summed E-state index contributed by atoms with van der Waals surface area (Å²) in [6.07, 6.45) is 6.02. The van der Waals surface area contributed by atoms with E-state index in [-0.39, 0.29) is 24.5 Å². The first-order valence-corrected chi connectivity index (χ1v) is 9.13. The molecule has 5 heteroatoms. The van der Waals surface area contributed by atoms with Gasteiger partial charge in [-0.05, 0) is 24.3 Å². The number of benzene rings is 1. The van der Waals surface area contributed by atoms with Crippen LogP contribution in [0.25, 0.3) is 10.8 Å². The van der Waals surface area contributed by atoms with Crippen molar-refractivity contribution < 1.29 is 9.90 Å². The van der Waals surface area contributed by atoms with Crippen LogP contribution >= 0.6 is 11.8 Å². The number of aliphatic hydroxyl groups is 1. The number of amides is 1. The van der Waals surface area contributed by atoms with Crippen LogP contribution in [0.15, 0.2) is 41.6 Å². The zero-order valence-corrected chi connectivity index (χ0v) is 13.9. The molecule has 1 heterocycles. The second-order valence-electron chi connectivity index (χ2n) is 6.03. The number of aromatic nitrogens is 1. The summed E-state index contributed by atoms with van der Waals surface area (Å²) in [7, 11) is 0. The molecule has 4 nitrogen and oxygen atoms in total. The third-order valence-corrected chi connectivity index (χ3v) is 5.47. The number of thioether (sulfide) groups is 1. The van der Waals surface area contributed by atoms with E-state index in [1.165, 1.54) is 11.8 Å². The minimum absolute atomic E-state index is 0.0232. The highest BCUT2D eigenvalue weighted by Crippen LogP contribution is 2.26. The lowest BCUT2D eigenvalue weighted by molar-refractivity contribution is -0.120. The second-order valence-corrected chi connectivity index (χ2v) is 6.99. The van der Waals surface area contributed by atoms with E-state index in [4.69, 9.17) is 0 Å². The van der Waals surface area contributed by atoms with E-state index < -0.39 is 0 Å². The van der Waals surface area contributed by atoms with Crippen molar-refractivity contribution >= 4 is 28.4 Å². The first-order chi connectivity index (χ1) is 11.3. The summed E-state index contributed by atoms with van der Waals surface area (Å²) in [6.45, 7) is 0.156. The molecule has 0 aliphatic heterocycles. The molecule has 1 aromatic heterocycles. The number of aliphatic hydroxyl groups excluding tert-OH is 1. The van der Waals surface area contributed by atoms with Crippen LogP contribution in [-0.4, -0.2) is 34.4 Å². The number of pyridine rings is 1. The highest BCUT2D eigenvalue weighted by atomic mass is 32.2. The predicted octanol–water partition coefficient (Wildman–Crippen LogP) is 2.99. The zero-order chi connectivity index (χ0) is 16.1. The second kappa shape index (κ2) is 7.79. The molecule has 1 aromatic carbocycles. The fourth-order valence-electron chi connectivity index (χ4n) is 3.21. The van der Waals surface area contributed by atoms with Gasteiger partial charge in [-0.1, -0.05) is 48.9 Å². The monoisotopic (exact) mass is 330 g/mol. The topological polar surface area (TPSA) is 62.2 Å². The highest BCUT2D eigenvalue weighted by Gasteiger charge is 2.25. The molecular weight excluding hydrogens is 308 g/mol.